The Morgan fingerprint density at radius 2 is 1.90 bits per heavy atom. The van der Waals surface area contributed by atoms with Gasteiger partial charge in [0.25, 0.3) is 0 Å². The molecule has 112 valence electrons. The van der Waals surface area contributed by atoms with Crippen molar-refractivity contribution in [3.8, 4) is 11.5 Å². The molecular weight excluding hydrogens is 250 g/mol. The highest BCUT2D eigenvalue weighted by Crippen LogP contribution is 2.49. The summed E-state index contributed by atoms with van der Waals surface area (Å²) >= 11 is 0. The van der Waals surface area contributed by atoms with Crippen molar-refractivity contribution in [2.24, 2.45) is 5.41 Å². The zero-order valence-electron chi connectivity index (χ0n) is 13.1. The highest BCUT2D eigenvalue weighted by atomic mass is 16.5. The molecule has 0 spiro atoms. The van der Waals surface area contributed by atoms with Crippen LogP contribution < -0.4 is 14.8 Å². The van der Waals surface area contributed by atoms with Crippen LogP contribution in [-0.4, -0.2) is 25.8 Å². The average molecular weight is 277 g/mol. The summed E-state index contributed by atoms with van der Waals surface area (Å²) in [4.78, 5) is 0. The van der Waals surface area contributed by atoms with Gasteiger partial charge in [0.2, 0.25) is 0 Å². The first kappa shape index (κ1) is 15.2. The fourth-order valence-electron chi connectivity index (χ4n) is 3.48. The molecular formula is C17H27NO2. The van der Waals surface area contributed by atoms with Gasteiger partial charge in [-0.2, -0.15) is 0 Å². The number of nitrogens with one attached hydrogen (secondary N) is 1. The van der Waals surface area contributed by atoms with Crippen LogP contribution in [0.3, 0.4) is 0 Å². The smallest absolute Gasteiger partial charge is 0.123 e. The third-order valence-corrected chi connectivity index (χ3v) is 4.87. The van der Waals surface area contributed by atoms with Crippen LogP contribution in [-0.2, 0) is 0 Å². The van der Waals surface area contributed by atoms with Crippen molar-refractivity contribution in [3.63, 3.8) is 0 Å². The summed E-state index contributed by atoms with van der Waals surface area (Å²) in [5.41, 5.74) is 0.263. The minimum Gasteiger partial charge on any atom is -0.497 e. The van der Waals surface area contributed by atoms with Crippen molar-refractivity contribution in [1.29, 1.82) is 0 Å². The van der Waals surface area contributed by atoms with Gasteiger partial charge in [0.1, 0.15) is 17.6 Å². The van der Waals surface area contributed by atoms with Gasteiger partial charge in [-0.25, -0.2) is 0 Å². The van der Waals surface area contributed by atoms with Crippen LogP contribution in [0.15, 0.2) is 24.3 Å². The Hall–Kier alpha value is -1.22. The molecule has 2 unspecified atom stereocenters. The van der Waals surface area contributed by atoms with Crippen molar-refractivity contribution >= 4 is 0 Å². The number of rotatable bonds is 7. The summed E-state index contributed by atoms with van der Waals surface area (Å²) in [6, 6.07) is 8.49. The fourth-order valence-corrected chi connectivity index (χ4v) is 3.48. The monoisotopic (exact) mass is 277 g/mol. The minimum absolute atomic E-state index is 0.263. The van der Waals surface area contributed by atoms with Crippen LogP contribution in [0.5, 0.6) is 11.5 Å². The second-order valence-electron chi connectivity index (χ2n) is 5.57. The van der Waals surface area contributed by atoms with Gasteiger partial charge >= 0.3 is 0 Å². The highest BCUT2D eigenvalue weighted by molar-refractivity contribution is 5.33. The molecule has 0 bridgehead atoms. The third kappa shape index (κ3) is 2.64. The number of benzene rings is 1. The molecule has 1 fully saturated rings. The van der Waals surface area contributed by atoms with E-state index in [9.17, 15) is 0 Å². The Morgan fingerprint density at radius 3 is 2.50 bits per heavy atom. The molecule has 3 heteroatoms. The maximum Gasteiger partial charge on any atom is 0.123 e. The molecule has 1 aromatic rings. The standard InChI is InChI=1S/C17H27NO2/c1-5-17(6-2)15(18-7-3)12-16(17)20-14-10-8-9-13(11-14)19-4/h8-11,15-16,18H,5-7,12H2,1-4H3. The zero-order chi connectivity index (χ0) is 14.6. The first-order chi connectivity index (χ1) is 9.70. The molecule has 2 atom stereocenters. The highest BCUT2D eigenvalue weighted by Gasteiger charge is 2.53. The lowest BCUT2D eigenvalue weighted by molar-refractivity contribution is -0.0854. The predicted molar refractivity (Wildman–Crippen MR) is 82.5 cm³/mol. The first-order valence-corrected chi connectivity index (χ1v) is 7.74. The molecule has 0 aromatic heterocycles. The van der Waals surface area contributed by atoms with E-state index in [1.807, 2.05) is 24.3 Å². The van der Waals surface area contributed by atoms with Crippen molar-refractivity contribution in [1.82, 2.24) is 5.32 Å². The second-order valence-corrected chi connectivity index (χ2v) is 5.57. The lowest BCUT2D eigenvalue weighted by Gasteiger charge is -2.55. The minimum atomic E-state index is 0.263. The number of hydrogen-bond acceptors (Lipinski definition) is 3. The van der Waals surface area contributed by atoms with Crippen molar-refractivity contribution in [2.45, 2.75) is 52.2 Å². The van der Waals surface area contributed by atoms with Crippen LogP contribution >= 0.6 is 0 Å². The predicted octanol–water partition coefficient (Wildman–Crippen LogP) is 3.63. The molecule has 0 aliphatic heterocycles. The molecule has 1 aromatic carbocycles. The second kappa shape index (κ2) is 6.49. The van der Waals surface area contributed by atoms with E-state index < -0.39 is 0 Å². The van der Waals surface area contributed by atoms with Crippen LogP contribution in [0.25, 0.3) is 0 Å². The number of hydrogen-bond donors (Lipinski definition) is 1. The number of methoxy groups -OCH3 is 1. The molecule has 20 heavy (non-hydrogen) atoms. The zero-order valence-corrected chi connectivity index (χ0v) is 13.1. The summed E-state index contributed by atoms with van der Waals surface area (Å²) < 4.78 is 11.5. The number of ether oxygens (including phenoxy) is 2. The molecule has 0 heterocycles. The van der Waals surface area contributed by atoms with Gasteiger partial charge in [0.05, 0.1) is 7.11 Å². The fraction of sp³-hybridized carbons (Fsp3) is 0.647. The Bertz CT molecular complexity index is 429. The summed E-state index contributed by atoms with van der Waals surface area (Å²) in [7, 11) is 1.69. The lowest BCUT2D eigenvalue weighted by atomic mass is 9.58. The quantitative estimate of drug-likeness (QED) is 0.825. The van der Waals surface area contributed by atoms with Gasteiger partial charge in [-0.1, -0.05) is 26.8 Å². The van der Waals surface area contributed by atoms with Gasteiger partial charge in [0.15, 0.2) is 0 Å². The Labute approximate surface area is 122 Å². The Balaban J connectivity index is 2.09. The van der Waals surface area contributed by atoms with Gasteiger partial charge in [0, 0.05) is 23.9 Å². The lowest BCUT2D eigenvalue weighted by Crippen LogP contribution is -2.64. The molecule has 0 saturated heterocycles. The molecule has 1 saturated carbocycles. The SMILES string of the molecule is CCNC1CC(Oc2cccc(OC)c2)C1(CC)CC. The first-order valence-electron chi connectivity index (χ1n) is 7.74. The topological polar surface area (TPSA) is 30.5 Å². The molecule has 2 rings (SSSR count). The summed E-state index contributed by atoms with van der Waals surface area (Å²) in [5.74, 6) is 1.76. The van der Waals surface area contributed by atoms with Crippen LogP contribution in [0.2, 0.25) is 0 Å². The van der Waals surface area contributed by atoms with Crippen LogP contribution in [0, 0.1) is 5.41 Å². The molecule has 1 aliphatic rings. The summed E-state index contributed by atoms with van der Waals surface area (Å²) in [5, 5.41) is 3.61. The van der Waals surface area contributed by atoms with Crippen molar-refractivity contribution < 1.29 is 9.47 Å². The van der Waals surface area contributed by atoms with E-state index in [1.165, 1.54) is 0 Å². The molecule has 0 amide bonds. The van der Waals surface area contributed by atoms with E-state index in [1.54, 1.807) is 7.11 Å². The van der Waals surface area contributed by atoms with Gasteiger partial charge < -0.3 is 14.8 Å². The van der Waals surface area contributed by atoms with Gasteiger partial charge in [-0.3, -0.25) is 0 Å². The summed E-state index contributed by atoms with van der Waals surface area (Å²) in [6.45, 7) is 7.74. The van der Waals surface area contributed by atoms with E-state index in [4.69, 9.17) is 9.47 Å². The maximum absolute atomic E-state index is 6.25. The Kier molecular flexibility index (Phi) is 4.92. The van der Waals surface area contributed by atoms with E-state index in [-0.39, 0.29) is 5.41 Å². The van der Waals surface area contributed by atoms with E-state index in [0.717, 1.165) is 37.3 Å². The molecule has 1 aliphatic carbocycles. The van der Waals surface area contributed by atoms with Crippen LogP contribution in [0.1, 0.15) is 40.0 Å². The third-order valence-electron chi connectivity index (χ3n) is 4.87. The largest absolute Gasteiger partial charge is 0.497 e. The van der Waals surface area contributed by atoms with Gasteiger partial charge in [-0.05, 0) is 31.5 Å². The normalized spacial score (nSPS) is 24.0. The molecule has 0 radical (unpaired) electrons. The molecule has 1 N–H and O–H groups in total. The van der Waals surface area contributed by atoms with Crippen molar-refractivity contribution in [2.75, 3.05) is 13.7 Å². The van der Waals surface area contributed by atoms with Crippen LogP contribution in [0.4, 0.5) is 0 Å². The van der Waals surface area contributed by atoms with Crippen molar-refractivity contribution in [3.05, 3.63) is 24.3 Å². The van der Waals surface area contributed by atoms with E-state index in [0.29, 0.717) is 12.1 Å². The van der Waals surface area contributed by atoms with E-state index >= 15 is 0 Å². The maximum atomic E-state index is 6.25. The molecule has 3 nitrogen and oxygen atoms in total. The Morgan fingerprint density at radius 1 is 1.20 bits per heavy atom. The summed E-state index contributed by atoms with van der Waals surface area (Å²) in [6.07, 6.45) is 3.69. The van der Waals surface area contributed by atoms with Gasteiger partial charge in [-0.15, -0.1) is 0 Å². The van der Waals surface area contributed by atoms with E-state index in [2.05, 4.69) is 26.1 Å². The average Bonchev–Trinajstić information content (AvgIpc) is 2.48.